The van der Waals surface area contributed by atoms with E-state index in [1.165, 1.54) is 14.1 Å². The predicted molar refractivity (Wildman–Crippen MR) is 57.1 cm³/mol. The van der Waals surface area contributed by atoms with Crippen LogP contribution in [0, 0.1) is 0 Å². The maximum Gasteiger partial charge on any atom is 0.333 e. The lowest BCUT2D eigenvalue weighted by atomic mass is 10.3. The maximum absolute atomic E-state index is 11.7. The fourth-order valence-electron chi connectivity index (χ4n) is 1.48. The first-order valence-corrected chi connectivity index (χ1v) is 4.70. The number of carbonyl (C=O) groups is 1. The topological polar surface area (TPSA) is 74.2 Å². The van der Waals surface area contributed by atoms with Crippen molar-refractivity contribution in [1.29, 1.82) is 0 Å². The molecule has 0 spiro atoms. The number of hydrogen-bond donors (Lipinski definition) is 0. The molecule has 16 heavy (non-hydrogen) atoms. The number of furan rings is 1. The fraction of sp³-hybridized carbons (Fsp3) is 0.222. The second kappa shape index (κ2) is 3.34. The third-order valence-corrected chi connectivity index (χ3v) is 2.74. The molecule has 0 aliphatic carbocycles. The molecule has 0 aromatic carbocycles. The molecule has 0 aliphatic rings. The van der Waals surface area contributed by atoms with E-state index in [0.29, 0.717) is 6.29 Å². The lowest BCUT2D eigenvalue weighted by molar-refractivity contribution is 0.110. The highest BCUT2D eigenvalue weighted by Gasteiger charge is 2.19. The molecule has 0 aliphatic heterocycles. The zero-order valence-electron chi connectivity index (χ0n) is 8.48. The van der Waals surface area contributed by atoms with E-state index in [4.69, 9.17) is 16.0 Å². The average molecular weight is 243 g/mol. The lowest BCUT2D eigenvalue weighted by Gasteiger charge is -2.01. The molecule has 0 amide bonds. The average Bonchev–Trinajstić information content (AvgIpc) is 2.61. The molecular weight excluding hydrogens is 236 g/mol. The lowest BCUT2D eigenvalue weighted by Crippen LogP contribution is -2.36. The standard InChI is InChI=1S/C9H7ClN2O4/c1-11-7(14)5-6(10)4(3-13)16-8(5)12(2)9(11)15/h3H,1-2H3. The molecule has 0 atom stereocenters. The summed E-state index contributed by atoms with van der Waals surface area (Å²) in [5.41, 5.74) is -1.12. The van der Waals surface area contributed by atoms with E-state index in [0.717, 1.165) is 9.13 Å². The summed E-state index contributed by atoms with van der Waals surface area (Å²) in [5, 5.41) is -0.0328. The van der Waals surface area contributed by atoms with Gasteiger partial charge in [0, 0.05) is 14.1 Å². The molecule has 0 N–H and O–H groups in total. The van der Waals surface area contributed by atoms with Gasteiger partial charge < -0.3 is 4.42 Å². The molecule has 0 bridgehead atoms. The van der Waals surface area contributed by atoms with Gasteiger partial charge in [-0.25, -0.2) is 4.79 Å². The normalized spacial score (nSPS) is 10.9. The number of carbonyl (C=O) groups excluding carboxylic acids is 1. The fourth-order valence-corrected chi connectivity index (χ4v) is 1.73. The first-order chi connectivity index (χ1) is 7.49. The number of aryl methyl sites for hydroxylation is 1. The summed E-state index contributed by atoms with van der Waals surface area (Å²) in [4.78, 5) is 33.9. The van der Waals surface area contributed by atoms with Gasteiger partial charge in [-0.15, -0.1) is 0 Å². The zero-order chi connectivity index (χ0) is 12.0. The molecule has 0 saturated carbocycles. The highest BCUT2D eigenvalue weighted by atomic mass is 35.5. The third kappa shape index (κ3) is 1.16. The van der Waals surface area contributed by atoms with Gasteiger partial charge in [-0.05, 0) is 0 Å². The van der Waals surface area contributed by atoms with Crippen molar-refractivity contribution in [2.45, 2.75) is 0 Å². The molecule has 2 aromatic heterocycles. The van der Waals surface area contributed by atoms with Gasteiger partial charge in [0.05, 0.1) is 0 Å². The van der Waals surface area contributed by atoms with Crippen LogP contribution < -0.4 is 11.2 Å². The molecule has 0 unspecified atom stereocenters. The number of aldehydes is 1. The first-order valence-electron chi connectivity index (χ1n) is 4.32. The molecule has 2 rings (SSSR count). The van der Waals surface area contributed by atoms with Crippen LogP contribution in [0.25, 0.3) is 11.1 Å². The summed E-state index contributed by atoms with van der Waals surface area (Å²) < 4.78 is 7.07. The Bertz CT molecular complexity index is 707. The number of aromatic nitrogens is 2. The maximum atomic E-state index is 11.7. The second-order valence-corrected chi connectivity index (χ2v) is 3.66. The van der Waals surface area contributed by atoms with Crippen molar-refractivity contribution in [2.75, 3.05) is 0 Å². The van der Waals surface area contributed by atoms with E-state index in [1.54, 1.807) is 0 Å². The summed E-state index contributed by atoms with van der Waals surface area (Å²) in [7, 11) is 2.76. The minimum absolute atomic E-state index is 0.000185. The van der Waals surface area contributed by atoms with E-state index in [2.05, 4.69) is 0 Å². The SMILES string of the molecule is Cn1c(=O)c2c(Cl)c(C=O)oc2n(C)c1=O. The van der Waals surface area contributed by atoms with Crippen molar-refractivity contribution in [3.63, 3.8) is 0 Å². The Labute approximate surface area is 93.6 Å². The summed E-state index contributed by atoms with van der Waals surface area (Å²) in [6, 6.07) is 0. The van der Waals surface area contributed by atoms with Crippen LogP contribution in [-0.4, -0.2) is 15.4 Å². The molecule has 0 radical (unpaired) electrons. The molecule has 2 heterocycles. The van der Waals surface area contributed by atoms with Crippen LogP contribution in [0.2, 0.25) is 5.02 Å². The van der Waals surface area contributed by atoms with Crippen molar-refractivity contribution in [3.8, 4) is 0 Å². The second-order valence-electron chi connectivity index (χ2n) is 3.28. The summed E-state index contributed by atoms with van der Waals surface area (Å²) in [6.45, 7) is 0. The molecule has 0 fully saturated rings. The smallest absolute Gasteiger partial charge is 0.333 e. The minimum atomic E-state index is -0.583. The number of hydrogen-bond acceptors (Lipinski definition) is 4. The predicted octanol–water partition coefficient (Wildman–Crippen LogP) is 0.296. The minimum Gasteiger partial charge on any atom is -0.435 e. The Morgan fingerprint density at radius 1 is 1.25 bits per heavy atom. The van der Waals surface area contributed by atoms with Crippen molar-refractivity contribution < 1.29 is 9.21 Å². The Hall–Kier alpha value is -1.82. The van der Waals surface area contributed by atoms with Crippen molar-refractivity contribution in [1.82, 2.24) is 9.13 Å². The monoisotopic (exact) mass is 242 g/mol. The molecule has 84 valence electrons. The van der Waals surface area contributed by atoms with Crippen molar-refractivity contribution in [3.05, 3.63) is 31.6 Å². The van der Waals surface area contributed by atoms with Crippen LogP contribution in [0.3, 0.4) is 0 Å². The van der Waals surface area contributed by atoms with Crippen LogP contribution >= 0.6 is 11.6 Å². The van der Waals surface area contributed by atoms with Gasteiger partial charge in [0.15, 0.2) is 12.0 Å². The first kappa shape index (κ1) is 10.7. The van der Waals surface area contributed by atoms with Crippen LogP contribution in [0.5, 0.6) is 0 Å². The molecule has 6 nitrogen and oxygen atoms in total. The van der Waals surface area contributed by atoms with Gasteiger partial charge in [-0.2, -0.15) is 0 Å². The van der Waals surface area contributed by atoms with Gasteiger partial charge in [0.25, 0.3) is 5.56 Å². The van der Waals surface area contributed by atoms with E-state index in [1.807, 2.05) is 0 Å². The summed E-state index contributed by atoms with van der Waals surface area (Å²) in [6.07, 6.45) is 0.395. The van der Waals surface area contributed by atoms with E-state index in [9.17, 15) is 14.4 Å². The van der Waals surface area contributed by atoms with Crippen LogP contribution in [0.15, 0.2) is 14.0 Å². The Balaban J connectivity index is 3.19. The number of fused-ring (bicyclic) bond motifs is 1. The highest BCUT2D eigenvalue weighted by molar-refractivity contribution is 6.37. The summed E-state index contributed by atoms with van der Waals surface area (Å²) >= 11 is 5.81. The van der Waals surface area contributed by atoms with E-state index >= 15 is 0 Å². The van der Waals surface area contributed by atoms with E-state index < -0.39 is 11.2 Å². The van der Waals surface area contributed by atoms with Crippen molar-refractivity contribution in [2.24, 2.45) is 14.1 Å². The largest absolute Gasteiger partial charge is 0.435 e. The van der Waals surface area contributed by atoms with Gasteiger partial charge >= 0.3 is 5.69 Å². The van der Waals surface area contributed by atoms with Crippen LogP contribution in [0.4, 0.5) is 0 Å². The number of nitrogens with zero attached hydrogens (tertiary/aromatic N) is 2. The Morgan fingerprint density at radius 2 is 1.88 bits per heavy atom. The van der Waals surface area contributed by atoms with Gasteiger partial charge in [-0.3, -0.25) is 18.7 Å². The molecule has 0 saturated heterocycles. The molecule has 2 aromatic rings. The highest BCUT2D eigenvalue weighted by Crippen LogP contribution is 2.25. The number of rotatable bonds is 1. The van der Waals surface area contributed by atoms with Crippen LogP contribution in [-0.2, 0) is 14.1 Å². The Kier molecular flexibility index (Phi) is 2.23. The van der Waals surface area contributed by atoms with Gasteiger partial charge in [-0.1, -0.05) is 11.6 Å². The number of halogens is 1. The zero-order valence-corrected chi connectivity index (χ0v) is 9.24. The summed E-state index contributed by atoms with van der Waals surface area (Å²) in [5.74, 6) is -0.157. The molecular formula is C9H7ClN2O4. The van der Waals surface area contributed by atoms with Gasteiger partial charge in [0.2, 0.25) is 5.71 Å². The third-order valence-electron chi connectivity index (χ3n) is 2.36. The Morgan fingerprint density at radius 3 is 2.44 bits per heavy atom. The quantitative estimate of drug-likeness (QED) is 0.674. The van der Waals surface area contributed by atoms with Gasteiger partial charge in [0.1, 0.15) is 10.4 Å². The van der Waals surface area contributed by atoms with E-state index in [-0.39, 0.29) is 21.9 Å². The van der Waals surface area contributed by atoms with Crippen LogP contribution in [0.1, 0.15) is 10.6 Å². The van der Waals surface area contributed by atoms with Crippen molar-refractivity contribution >= 4 is 29.0 Å². The molecule has 7 heteroatoms.